The first kappa shape index (κ1) is 48.5. The van der Waals surface area contributed by atoms with Crippen molar-refractivity contribution in [3.05, 3.63) is 222 Å². The van der Waals surface area contributed by atoms with E-state index in [2.05, 4.69) is 19.9 Å². The fourth-order valence-electron chi connectivity index (χ4n) is 4.53. The predicted octanol–water partition coefficient (Wildman–Crippen LogP) is 10.8. The van der Waals surface area contributed by atoms with Crippen molar-refractivity contribution in [1.29, 1.82) is 10.5 Å². The van der Waals surface area contributed by atoms with E-state index < -0.39 is 0 Å². The molecular formula is C48H42Cl2N8O4. The van der Waals surface area contributed by atoms with E-state index in [0.29, 0.717) is 58.5 Å². The van der Waals surface area contributed by atoms with E-state index in [1.54, 1.807) is 61.1 Å². The molecule has 8 rings (SSSR count). The van der Waals surface area contributed by atoms with Crippen LogP contribution in [0.3, 0.4) is 0 Å². The minimum atomic E-state index is 0. The Labute approximate surface area is 371 Å². The molecule has 5 N–H and O–H groups in total. The molecule has 0 atom stereocenters. The Kier molecular flexibility index (Phi) is 22.4. The molecule has 0 saturated carbocycles. The second kappa shape index (κ2) is 28.6. The summed E-state index contributed by atoms with van der Waals surface area (Å²) < 4.78 is 16.6. The Balaban J connectivity index is 0.000000211. The lowest BCUT2D eigenvalue weighted by atomic mass is 10.3. The number of para-hydroxylation sites is 4. The highest BCUT2D eigenvalue weighted by atomic mass is 35.5. The Morgan fingerprint density at radius 1 is 0.468 bits per heavy atom. The van der Waals surface area contributed by atoms with E-state index in [-0.39, 0.29) is 12.4 Å². The minimum Gasteiger partial charge on any atom is -0.508 e. The monoisotopic (exact) mass is 864 g/mol. The number of rotatable bonds is 8. The number of nitrogens with two attached hydrogens (primary N) is 2. The van der Waals surface area contributed by atoms with Gasteiger partial charge in [0.2, 0.25) is 17.6 Å². The number of nitriles is 2. The summed E-state index contributed by atoms with van der Waals surface area (Å²) in [5.41, 5.74) is 14.2. The van der Waals surface area contributed by atoms with Gasteiger partial charge in [0.05, 0.1) is 23.3 Å². The molecule has 4 heterocycles. The lowest BCUT2D eigenvalue weighted by Gasteiger charge is -2.04. The van der Waals surface area contributed by atoms with Gasteiger partial charge in [0.1, 0.15) is 28.2 Å². The van der Waals surface area contributed by atoms with Crippen LogP contribution in [0, 0.1) is 22.7 Å². The van der Waals surface area contributed by atoms with E-state index in [1.165, 1.54) is 12.3 Å². The molecule has 0 radical (unpaired) electrons. The van der Waals surface area contributed by atoms with Crippen LogP contribution in [-0.2, 0) is 13.1 Å². The molecule has 8 aromatic rings. The smallest absolute Gasteiger partial charge is 0.220 e. The number of aromatic nitrogens is 4. The van der Waals surface area contributed by atoms with Gasteiger partial charge in [-0.3, -0.25) is 0 Å². The van der Waals surface area contributed by atoms with Gasteiger partial charge in [-0.15, -0.1) is 12.4 Å². The van der Waals surface area contributed by atoms with Crippen molar-refractivity contribution in [2.75, 3.05) is 0 Å². The summed E-state index contributed by atoms with van der Waals surface area (Å²) in [4.78, 5) is 15.9. The Hall–Kier alpha value is -7.84. The zero-order valence-electron chi connectivity index (χ0n) is 33.2. The number of hydrogen-bond acceptors (Lipinski definition) is 12. The van der Waals surface area contributed by atoms with Crippen LogP contribution in [0.2, 0.25) is 5.15 Å². The molecular weight excluding hydrogens is 823 g/mol. The average molecular weight is 866 g/mol. The molecule has 12 nitrogen and oxygen atoms in total. The number of ether oxygens (including phenoxy) is 3. The molecule has 0 aliphatic rings. The highest BCUT2D eigenvalue weighted by molar-refractivity contribution is 6.29. The van der Waals surface area contributed by atoms with Crippen molar-refractivity contribution >= 4 is 24.0 Å². The summed E-state index contributed by atoms with van der Waals surface area (Å²) in [6.45, 7) is 0.987. The predicted molar refractivity (Wildman–Crippen MR) is 242 cm³/mol. The van der Waals surface area contributed by atoms with Crippen molar-refractivity contribution < 1.29 is 19.3 Å². The van der Waals surface area contributed by atoms with Crippen molar-refractivity contribution in [3.8, 4) is 52.8 Å². The molecule has 4 aromatic carbocycles. The number of benzene rings is 4. The van der Waals surface area contributed by atoms with Crippen LogP contribution in [0.4, 0.5) is 0 Å². The standard InChI is InChI=1S/2C12H12N2O.C12H8N2O.C6H3ClN2.C6H6O.ClH/c3*13-9-10-6-7-14-12(8-10)15-11-4-2-1-3-5-11;7-6-3-5(4-8)1-2-9-6;7-6-4-2-1-3-5-6;/h2*1-8H,9,13H2;1-8H;1-3H;1-5,7H;1H. The number of phenolic OH excluding ortho intramolecular Hbond substituents is 1. The SMILES string of the molecule is Cl.N#Cc1ccnc(Cl)c1.N#Cc1ccnc(Oc2ccccc2)c1.NCc1ccnc(Oc2ccccc2)c1.NCc1ccnc(Oc2ccccc2)c1.Oc1ccccc1. The molecule has 0 spiro atoms. The Morgan fingerprint density at radius 2 is 0.806 bits per heavy atom. The van der Waals surface area contributed by atoms with Gasteiger partial charge in [0.25, 0.3) is 0 Å². The van der Waals surface area contributed by atoms with Gasteiger partial charge in [-0.2, -0.15) is 10.5 Å². The maximum Gasteiger partial charge on any atom is 0.220 e. The first-order valence-electron chi connectivity index (χ1n) is 18.5. The first-order chi connectivity index (χ1) is 29.9. The molecule has 4 aromatic heterocycles. The molecule has 62 heavy (non-hydrogen) atoms. The van der Waals surface area contributed by atoms with Gasteiger partial charge in [-0.05, 0) is 90.0 Å². The molecule has 14 heteroatoms. The maximum atomic E-state index is 8.69. The molecule has 0 fully saturated rings. The van der Waals surface area contributed by atoms with E-state index in [9.17, 15) is 0 Å². The average Bonchev–Trinajstić information content (AvgIpc) is 3.31. The molecule has 0 amide bonds. The first-order valence-corrected chi connectivity index (χ1v) is 18.9. The van der Waals surface area contributed by atoms with Crippen LogP contribution in [0.1, 0.15) is 22.3 Å². The summed E-state index contributed by atoms with van der Waals surface area (Å²) in [5.74, 6) is 4.16. The minimum absolute atomic E-state index is 0. The van der Waals surface area contributed by atoms with Crippen molar-refractivity contribution in [2.45, 2.75) is 13.1 Å². The van der Waals surface area contributed by atoms with Gasteiger partial charge in [-0.25, -0.2) is 19.9 Å². The fourth-order valence-corrected chi connectivity index (χ4v) is 4.70. The largest absolute Gasteiger partial charge is 0.508 e. The number of pyridine rings is 4. The fraction of sp³-hybridized carbons (Fsp3) is 0.0417. The van der Waals surface area contributed by atoms with Crippen LogP contribution in [0.25, 0.3) is 0 Å². The lowest BCUT2D eigenvalue weighted by molar-refractivity contribution is 0.462. The third-order valence-corrected chi connectivity index (χ3v) is 7.65. The van der Waals surface area contributed by atoms with Crippen molar-refractivity contribution in [1.82, 2.24) is 19.9 Å². The van der Waals surface area contributed by atoms with E-state index in [0.717, 1.165) is 22.6 Å². The van der Waals surface area contributed by atoms with Crippen molar-refractivity contribution in [3.63, 3.8) is 0 Å². The van der Waals surface area contributed by atoms with Crippen LogP contribution in [0.15, 0.2) is 195 Å². The second-order valence-electron chi connectivity index (χ2n) is 12.0. The normalized spacial score (nSPS) is 9.24. The van der Waals surface area contributed by atoms with Crippen molar-refractivity contribution in [2.24, 2.45) is 11.5 Å². The summed E-state index contributed by atoms with van der Waals surface area (Å²) >= 11 is 5.46. The number of nitrogens with zero attached hydrogens (tertiary/aromatic N) is 6. The summed E-state index contributed by atoms with van der Waals surface area (Å²) in [6, 6.07) is 54.9. The highest BCUT2D eigenvalue weighted by Gasteiger charge is 2.01. The van der Waals surface area contributed by atoms with Gasteiger partial charge in [-0.1, -0.05) is 84.4 Å². The number of halogens is 2. The van der Waals surface area contributed by atoms with E-state index in [1.807, 2.05) is 133 Å². The molecule has 312 valence electrons. The topological polar surface area (TPSA) is 199 Å². The van der Waals surface area contributed by atoms with Crippen LogP contribution in [0.5, 0.6) is 40.6 Å². The number of phenols is 1. The Bertz CT molecular complexity index is 2460. The van der Waals surface area contributed by atoms with E-state index in [4.69, 9.17) is 52.9 Å². The quantitative estimate of drug-likeness (QED) is 0.122. The second-order valence-corrected chi connectivity index (χ2v) is 12.4. The van der Waals surface area contributed by atoms with Gasteiger partial charge >= 0.3 is 0 Å². The van der Waals surface area contributed by atoms with Gasteiger partial charge in [0, 0.05) is 56.1 Å². The number of aromatic hydroxyl groups is 1. The maximum absolute atomic E-state index is 8.69. The third kappa shape index (κ3) is 19.3. The van der Waals surface area contributed by atoms with Crippen LogP contribution < -0.4 is 25.7 Å². The third-order valence-electron chi connectivity index (χ3n) is 7.44. The van der Waals surface area contributed by atoms with Crippen LogP contribution in [-0.4, -0.2) is 25.0 Å². The highest BCUT2D eigenvalue weighted by Crippen LogP contribution is 2.21. The summed E-state index contributed by atoms with van der Waals surface area (Å²) in [7, 11) is 0. The van der Waals surface area contributed by atoms with Gasteiger partial charge < -0.3 is 30.8 Å². The summed E-state index contributed by atoms with van der Waals surface area (Å²) in [5, 5.41) is 26.0. The number of hydrogen-bond donors (Lipinski definition) is 3. The Morgan fingerprint density at radius 3 is 1.13 bits per heavy atom. The molecule has 0 saturated heterocycles. The van der Waals surface area contributed by atoms with Crippen LogP contribution >= 0.6 is 24.0 Å². The molecule has 0 unspecified atom stereocenters. The molecule has 0 aliphatic carbocycles. The zero-order valence-corrected chi connectivity index (χ0v) is 34.8. The lowest BCUT2D eigenvalue weighted by Crippen LogP contribution is -1.97. The van der Waals surface area contributed by atoms with Gasteiger partial charge in [0.15, 0.2) is 0 Å². The molecule has 0 bridgehead atoms. The summed E-state index contributed by atoms with van der Waals surface area (Å²) in [6.07, 6.45) is 6.44. The van der Waals surface area contributed by atoms with E-state index >= 15 is 0 Å². The zero-order chi connectivity index (χ0) is 43.3. The molecule has 0 aliphatic heterocycles.